The van der Waals surface area contributed by atoms with E-state index in [1.807, 2.05) is 0 Å². The van der Waals surface area contributed by atoms with Crippen molar-refractivity contribution >= 4 is 5.97 Å². The van der Waals surface area contributed by atoms with Crippen molar-refractivity contribution in [3.63, 3.8) is 0 Å². The van der Waals surface area contributed by atoms with E-state index in [-0.39, 0.29) is 12.0 Å². The molecule has 68 valence electrons. The van der Waals surface area contributed by atoms with E-state index in [0.29, 0.717) is 0 Å². The minimum atomic E-state index is -1.29. The topological polar surface area (TPSA) is 98.0 Å². The number of carbonyl (C=O) groups is 1. The fourth-order valence-electron chi connectivity index (χ4n) is 1.11. The van der Waals surface area contributed by atoms with Crippen LogP contribution in [0.5, 0.6) is 0 Å². The number of aliphatic hydroxyl groups is 3. The van der Waals surface area contributed by atoms with Crippen LogP contribution in [0.3, 0.4) is 0 Å². The molecule has 0 aromatic heterocycles. The van der Waals surface area contributed by atoms with E-state index in [0.717, 1.165) is 6.08 Å². The van der Waals surface area contributed by atoms with Gasteiger partial charge in [0.2, 0.25) is 0 Å². The molecule has 3 atom stereocenters. The molecule has 1 rings (SSSR count). The van der Waals surface area contributed by atoms with Gasteiger partial charge < -0.3 is 20.4 Å². The quantitative estimate of drug-likeness (QED) is 0.387. The first-order valence-corrected chi connectivity index (χ1v) is 3.50. The Balaban J connectivity index is 2.81. The zero-order valence-corrected chi connectivity index (χ0v) is 6.21. The summed E-state index contributed by atoms with van der Waals surface area (Å²) in [6.45, 7) is 0. The van der Waals surface area contributed by atoms with Gasteiger partial charge in [0, 0.05) is 12.0 Å². The minimum Gasteiger partial charge on any atom is -0.478 e. The van der Waals surface area contributed by atoms with E-state index in [1.165, 1.54) is 0 Å². The first kappa shape index (κ1) is 9.18. The van der Waals surface area contributed by atoms with Gasteiger partial charge in [0.05, 0.1) is 6.10 Å². The lowest BCUT2D eigenvalue weighted by Gasteiger charge is -2.25. The Labute approximate surface area is 68.6 Å². The highest BCUT2D eigenvalue weighted by Crippen LogP contribution is 2.19. The molecule has 1 aliphatic carbocycles. The van der Waals surface area contributed by atoms with Crippen LogP contribution < -0.4 is 0 Å². The third-order valence-electron chi connectivity index (χ3n) is 1.82. The number of aliphatic carboxylic acids is 1. The first-order valence-electron chi connectivity index (χ1n) is 3.50. The van der Waals surface area contributed by atoms with E-state index in [2.05, 4.69) is 0 Å². The summed E-state index contributed by atoms with van der Waals surface area (Å²) < 4.78 is 0. The number of carboxylic acid groups (broad SMARTS) is 1. The van der Waals surface area contributed by atoms with Crippen LogP contribution in [0.2, 0.25) is 0 Å². The molecule has 0 aliphatic heterocycles. The molecule has 5 heteroatoms. The maximum atomic E-state index is 10.4. The van der Waals surface area contributed by atoms with Gasteiger partial charge in [-0.25, -0.2) is 4.79 Å². The lowest BCUT2D eigenvalue weighted by molar-refractivity contribution is -0.134. The van der Waals surface area contributed by atoms with Crippen molar-refractivity contribution in [2.24, 2.45) is 0 Å². The molecule has 0 spiro atoms. The summed E-state index contributed by atoms with van der Waals surface area (Å²) in [4.78, 5) is 10.4. The van der Waals surface area contributed by atoms with E-state index in [1.54, 1.807) is 0 Å². The van der Waals surface area contributed by atoms with Crippen LogP contribution in [-0.4, -0.2) is 44.7 Å². The van der Waals surface area contributed by atoms with Gasteiger partial charge in [0.1, 0.15) is 12.2 Å². The molecule has 0 aromatic rings. The van der Waals surface area contributed by atoms with Crippen LogP contribution in [0.1, 0.15) is 6.42 Å². The second kappa shape index (κ2) is 3.22. The van der Waals surface area contributed by atoms with Crippen molar-refractivity contribution in [1.29, 1.82) is 0 Å². The molecular weight excluding hydrogens is 164 g/mol. The number of hydrogen-bond donors (Lipinski definition) is 4. The number of carboxylic acids is 1. The van der Waals surface area contributed by atoms with Crippen LogP contribution in [0.15, 0.2) is 11.6 Å². The summed E-state index contributed by atoms with van der Waals surface area (Å²) in [5.41, 5.74) is -0.0692. The normalized spacial score (nSPS) is 35.9. The zero-order valence-electron chi connectivity index (χ0n) is 6.21. The van der Waals surface area contributed by atoms with E-state index in [4.69, 9.17) is 20.4 Å². The molecule has 1 aliphatic rings. The third-order valence-corrected chi connectivity index (χ3v) is 1.82. The Kier molecular flexibility index (Phi) is 2.46. The van der Waals surface area contributed by atoms with Crippen LogP contribution in [-0.2, 0) is 4.79 Å². The van der Waals surface area contributed by atoms with Crippen LogP contribution in [0.25, 0.3) is 0 Å². The zero-order chi connectivity index (χ0) is 9.30. The summed E-state index contributed by atoms with van der Waals surface area (Å²) in [7, 11) is 0. The average Bonchev–Trinajstić information content (AvgIpc) is 1.99. The molecule has 0 radical (unpaired) electrons. The Hall–Kier alpha value is -0.910. The molecule has 0 fully saturated rings. The number of hydrogen-bond acceptors (Lipinski definition) is 4. The second-order valence-corrected chi connectivity index (χ2v) is 2.75. The van der Waals surface area contributed by atoms with Crippen LogP contribution in [0, 0.1) is 0 Å². The smallest absolute Gasteiger partial charge is 0.331 e. The summed E-state index contributed by atoms with van der Waals surface area (Å²) >= 11 is 0. The molecule has 0 amide bonds. The third kappa shape index (κ3) is 1.63. The standard InChI is InChI=1S/C7H10O5/c8-4-1-3(7(11)12)2-5(9)6(4)10/h1,4-6,8-10H,2H2,(H,11,12)/t4-,5-,6-/m0/s1. The van der Waals surface area contributed by atoms with Crippen molar-refractivity contribution in [2.45, 2.75) is 24.7 Å². The fraction of sp³-hybridized carbons (Fsp3) is 0.571. The van der Waals surface area contributed by atoms with Crippen LogP contribution in [0.4, 0.5) is 0 Å². The Morgan fingerprint density at radius 2 is 2.00 bits per heavy atom. The highest BCUT2D eigenvalue weighted by atomic mass is 16.4. The molecule has 0 saturated carbocycles. The largest absolute Gasteiger partial charge is 0.478 e. The van der Waals surface area contributed by atoms with E-state index < -0.39 is 24.3 Å². The SMILES string of the molecule is O=C(O)C1=C[C@H](O)[C@H](O)[C@@H](O)C1. The van der Waals surface area contributed by atoms with Gasteiger partial charge in [-0.3, -0.25) is 0 Å². The van der Waals surface area contributed by atoms with E-state index in [9.17, 15) is 4.79 Å². The first-order chi connectivity index (χ1) is 5.52. The van der Waals surface area contributed by atoms with Gasteiger partial charge in [-0.15, -0.1) is 0 Å². The molecule has 0 bridgehead atoms. The highest BCUT2D eigenvalue weighted by Gasteiger charge is 2.31. The van der Waals surface area contributed by atoms with Gasteiger partial charge in [0.15, 0.2) is 0 Å². The lowest BCUT2D eigenvalue weighted by Crippen LogP contribution is -2.40. The Morgan fingerprint density at radius 3 is 2.42 bits per heavy atom. The molecule has 0 saturated heterocycles. The molecule has 4 N–H and O–H groups in total. The lowest BCUT2D eigenvalue weighted by atomic mass is 9.92. The second-order valence-electron chi connectivity index (χ2n) is 2.75. The maximum absolute atomic E-state index is 10.4. The number of aliphatic hydroxyl groups excluding tert-OH is 3. The molecule has 0 heterocycles. The minimum absolute atomic E-state index is 0.0692. The van der Waals surface area contributed by atoms with Crippen molar-refractivity contribution in [2.75, 3.05) is 0 Å². The Bertz CT molecular complexity index is 222. The van der Waals surface area contributed by atoms with E-state index >= 15 is 0 Å². The molecule has 0 unspecified atom stereocenters. The van der Waals surface area contributed by atoms with Gasteiger partial charge in [-0.1, -0.05) is 0 Å². The molecule has 0 aromatic carbocycles. The monoisotopic (exact) mass is 174 g/mol. The summed E-state index contributed by atoms with van der Waals surface area (Å²) in [6.07, 6.45) is -2.86. The van der Waals surface area contributed by atoms with Gasteiger partial charge in [-0.2, -0.15) is 0 Å². The molecule has 5 nitrogen and oxygen atoms in total. The van der Waals surface area contributed by atoms with Crippen LogP contribution >= 0.6 is 0 Å². The van der Waals surface area contributed by atoms with Gasteiger partial charge in [-0.05, 0) is 6.08 Å². The predicted molar refractivity (Wildman–Crippen MR) is 38.4 cm³/mol. The average molecular weight is 174 g/mol. The summed E-state index contributed by atoms with van der Waals surface area (Å²) in [6, 6.07) is 0. The maximum Gasteiger partial charge on any atom is 0.331 e. The molecule has 12 heavy (non-hydrogen) atoms. The van der Waals surface area contributed by atoms with Crippen molar-refractivity contribution < 1.29 is 25.2 Å². The highest BCUT2D eigenvalue weighted by molar-refractivity contribution is 5.87. The van der Waals surface area contributed by atoms with Crippen molar-refractivity contribution in [1.82, 2.24) is 0 Å². The molecular formula is C7H10O5. The van der Waals surface area contributed by atoms with Crippen molar-refractivity contribution in [3.05, 3.63) is 11.6 Å². The number of rotatable bonds is 1. The summed E-state index contributed by atoms with van der Waals surface area (Å²) in [5, 5.41) is 35.6. The predicted octanol–water partition coefficient (Wildman–Crippen LogP) is -1.52. The van der Waals surface area contributed by atoms with Crippen molar-refractivity contribution in [3.8, 4) is 0 Å². The Morgan fingerprint density at radius 1 is 1.42 bits per heavy atom. The summed E-state index contributed by atoms with van der Waals surface area (Å²) in [5.74, 6) is -1.18. The van der Waals surface area contributed by atoms with Gasteiger partial charge in [0.25, 0.3) is 0 Å². The fourth-order valence-corrected chi connectivity index (χ4v) is 1.11. The van der Waals surface area contributed by atoms with Gasteiger partial charge >= 0.3 is 5.97 Å².